The van der Waals surface area contributed by atoms with Crippen LogP contribution < -0.4 is 0 Å². The molecule has 0 bridgehead atoms. The van der Waals surface area contributed by atoms with Crippen molar-refractivity contribution in [1.82, 2.24) is 4.90 Å². The second-order valence-corrected chi connectivity index (χ2v) is 3.95. The van der Waals surface area contributed by atoms with Crippen LogP contribution in [0.4, 0.5) is 0 Å². The molecule has 0 aliphatic carbocycles. The third-order valence-electron chi connectivity index (χ3n) is 1.91. The van der Waals surface area contributed by atoms with Gasteiger partial charge in [0.1, 0.15) is 5.75 Å². The molecular formula is C11H14AuClN3OS-. The third kappa shape index (κ3) is 6.37. The van der Waals surface area contributed by atoms with Gasteiger partial charge in [0.05, 0.1) is 6.21 Å². The predicted octanol–water partition coefficient (Wildman–Crippen LogP) is 2.19. The Kier molecular flexibility index (Phi) is 9.05. The first-order chi connectivity index (χ1) is 8.50. The van der Waals surface area contributed by atoms with Crippen LogP contribution in [0.1, 0.15) is 11.1 Å². The zero-order chi connectivity index (χ0) is 14.1. The molecule has 7 heteroatoms. The molecule has 18 heavy (non-hydrogen) atoms. The summed E-state index contributed by atoms with van der Waals surface area (Å²) in [5.74, 6) is 0.181. The van der Waals surface area contributed by atoms with Crippen molar-refractivity contribution in [2.24, 2.45) is 10.2 Å². The standard InChI is InChI=1S/C11H15N3OS.Au.ClH/c1-8-4-5-10(15)9(6-8)7-12-13-11(16)14(2)3;;/h4-7,15H,1-3H3,(H,13,16);;1H/q;+1;/p-2. The monoisotopic (exact) mass is 468 g/mol. The molecule has 0 saturated carbocycles. The maximum absolute atomic E-state index is 9.53. The Hall–Kier alpha value is -0.590. The van der Waals surface area contributed by atoms with Gasteiger partial charge in [-0.05, 0) is 19.1 Å². The molecule has 1 N–H and O–H groups in total. The topological polar surface area (TPSA) is 48.2 Å². The fraction of sp³-hybridized carbons (Fsp3) is 0.273. The van der Waals surface area contributed by atoms with Crippen LogP contribution in [0, 0.1) is 6.92 Å². The first kappa shape index (κ1) is 17.4. The van der Waals surface area contributed by atoms with E-state index in [4.69, 9.17) is 12.6 Å². The molecule has 0 unspecified atom stereocenters. The van der Waals surface area contributed by atoms with Gasteiger partial charge in [-0.15, -0.1) is 0 Å². The van der Waals surface area contributed by atoms with E-state index >= 15 is 0 Å². The van der Waals surface area contributed by atoms with Gasteiger partial charge in [0.15, 0.2) is 0 Å². The van der Waals surface area contributed by atoms with Gasteiger partial charge in [0.2, 0.25) is 0 Å². The van der Waals surface area contributed by atoms with E-state index in [9.17, 15) is 5.11 Å². The van der Waals surface area contributed by atoms with E-state index in [0.717, 1.165) is 5.56 Å². The zero-order valence-corrected chi connectivity index (χ0v) is 13.9. The molecule has 0 aliphatic rings. The van der Waals surface area contributed by atoms with Gasteiger partial charge in [0.25, 0.3) is 0 Å². The minimum atomic E-state index is 0.181. The van der Waals surface area contributed by atoms with Crippen LogP contribution >= 0.6 is 9.19 Å². The number of rotatable bonds is 2. The van der Waals surface area contributed by atoms with Gasteiger partial charge in [-0.2, -0.15) is 10.2 Å². The van der Waals surface area contributed by atoms with Gasteiger partial charge in [0, 0.05) is 24.8 Å². The number of aryl methyl sites for hydroxylation is 1. The van der Waals surface area contributed by atoms with Crippen LogP contribution in [0.15, 0.2) is 28.4 Å². The maximum atomic E-state index is 9.53. The van der Waals surface area contributed by atoms with Crippen molar-refractivity contribution in [1.29, 1.82) is 0 Å². The van der Waals surface area contributed by atoms with Crippen molar-refractivity contribution in [3.8, 4) is 5.75 Å². The summed E-state index contributed by atoms with van der Waals surface area (Å²) in [4.78, 5) is 1.68. The van der Waals surface area contributed by atoms with Gasteiger partial charge in [-0.25, -0.2) is 0 Å². The summed E-state index contributed by atoms with van der Waals surface area (Å²) in [6.07, 6.45) is 1.48. The van der Waals surface area contributed by atoms with Gasteiger partial charge < -0.3 is 22.6 Å². The summed E-state index contributed by atoms with van der Waals surface area (Å²) in [6.45, 7) is 1.94. The molecule has 1 aromatic rings. The number of aromatic hydroxyl groups is 1. The zero-order valence-electron chi connectivity index (χ0n) is 10.2. The number of phenolic OH excluding ortho intramolecular Hbond substituents is 1. The Balaban J connectivity index is 0.00000137. The van der Waals surface area contributed by atoms with Crippen LogP contribution in [0.25, 0.3) is 0 Å². The minimum absolute atomic E-state index is 0.181. The number of hydrogen-bond acceptors (Lipinski definition) is 4. The Bertz CT molecular complexity index is 438. The molecule has 4 nitrogen and oxygen atoms in total. The number of benzene rings is 1. The van der Waals surface area contributed by atoms with Crippen molar-refractivity contribution in [2.45, 2.75) is 6.92 Å². The van der Waals surface area contributed by atoms with Crippen LogP contribution in [-0.4, -0.2) is 35.5 Å². The summed E-state index contributed by atoms with van der Waals surface area (Å²) >= 11 is 6.68. The van der Waals surface area contributed by atoms with E-state index < -0.39 is 0 Å². The van der Waals surface area contributed by atoms with E-state index in [1.165, 1.54) is 6.21 Å². The molecule has 0 amide bonds. The van der Waals surface area contributed by atoms with Crippen LogP contribution in [0.2, 0.25) is 0 Å². The molecule has 0 spiro atoms. The van der Waals surface area contributed by atoms with Crippen molar-refractivity contribution < 1.29 is 25.1 Å². The van der Waals surface area contributed by atoms with Gasteiger partial charge in [-0.1, -0.05) is 11.6 Å². The van der Waals surface area contributed by atoms with Crippen LogP contribution in [0.3, 0.4) is 0 Å². The fourth-order valence-electron chi connectivity index (χ4n) is 1.01. The second kappa shape index (κ2) is 9.35. The quantitative estimate of drug-likeness (QED) is 0.238. The molecule has 0 radical (unpaired) electrons. The number of amidine groups is 1. The number of hydrogen-bond donors (Lipinski definition) is 1. The van der Waals surface area contributed by atoms with E-state index in [-0.39, 0.29) is 5.75 Å². The predicted molar refractivity (Wildman–Crippen MR) is 74.8 cm³/mol. The normalized spacial score (nSPS) is 11.1. The van der Waals surface area contributed by atoms with E-state index in [0.29, 0.717) is 10.7 Å². The number of halogens is 1. The van der Waals surface area contributed by atoms with Crippen molar-refractivity contribution >= 4 is 33.2 Å². The SMILES string of the molecule is Cc1ccc(O)c(C=NN=C([S-])N(C)C)c1.[Cl][Au]. The molecule has 0 heterocycles. The summed E-state index contributed by atoms with van der Waals surface area (Å²) in [6, 6.07) is 5.28. The molecule has 0 fully saturated rings. The summed E-state index contributed by atoms with van der Waals surface area (Å²) in [5.41, 5.74) is 1.68. The third-order valence-corrected chi connectivity index (χ3v) is 2.35. The Morgan fingerprint density at radius 3 is 2.61 bits per heavy atom. The first-order valence-corrected chi connectivity index (χ1v) is 7.96. The van der Waals surface area contributed by atoms with Crippen LogP contribution in [0.5, 0.6) is 5.75 Å². The van der Waals surface area contributed by atoms with Crippen molar-refractivity contribution in [2.75, 3.05) is 14.1 Å². The molecule has 0 aliphatic heterocycles. The molecule has 0 saturated heterocycles. The van der Waals surface area contributed by atoms with Crippen molar-refractivity contribution in [3.05, 3.63) is 29.3 Å². The summed E-state index contributed by atoms with van der Waals surface area (Å²) < 4.78 is 0. The number of phenols is 1. The molecule has 1 rings (SSSR count). The van der Waals surface area contributed by atoms with E-state index in [1.807, 2.05) is 19.1 Å². The second-order valence-electron chi connectivity index (χ2n) is 3.58. The van der Waals surface area contributed by atoms with E-state index in [2.05, 4.69) is 19.4 Å². The molecule has 0 aromatic heterocycles. The first-order valence-electron chi connectivity index (χ1n) is 4.87. The van der Waals surface area contributed by atoms with E-state index in [1.54, 1.807) is 45.0 Å². The molecule has 0 atom stereocenters. The Labute approximate surface area is 129 Å². The molecule has 1 aromatic carbocycles. The average molecular weight is 469 g/mol. The molecule has 104 valence electrons. The Morgan fingerprint density at radius 1 is 1.44 bits per heavy atom. The number of nitrogens with zero attached hydrogens (tertiary/aromatic N) is 3. The van der Waals surface area contributed by atoms with Gasteiger partial charge >= 0.3 is 29.2 Å². The van der Waals surface area contributed by atoms with Crippen molar-refractivity contribution in [3.63, 3.8) is 0 Å². The Morgan fingerprint density at radius 2 is 2.06 bits per heavy atom. The summed E-state index contributed by atoms with van der Waals surface area (Å²) in [7, 11) is 8.18. The van der Waals surface area contributed by atoms with Crippen LogP contribution in [-0.2, 0) is 32.6 Å². The summed E-state index contributed by atoms with van der Waals surface area (Å²) in [5, 5.41) is 17.6. The molecular weight excluding hydrogens is 455 g/mol. The fourth-order valence-corrected chi connectivity index (χ4v) is 1.05. The average Bonchev–Trinajstić information content (AvgIpc) is 2.35. The van der Waals surface area contributed by atoms with Gasteiger partial charge in [-0.3, -0.25) is 0 Å².